The molecule has 0 spiro atoms. The summed E-state index contributed by atoms with van der Waals surface area (Å²) < 4.78 is 37.2. The van der Waals surface area contributed by atoms with Gasteiger partial charge >= 0.3 is 5.97 Å². The lowest BCUT2D eigenvalue weighted by Crippen LogP contribution is -2.24. The lowest BCUT2D eigenvalue weighted by atomic mass is 10.1. The second-order valence-corrected chi connectivity index (χ2v) is 9.64. The predicted molar refractivity (Wildman–Crippen MR) is 170 cm³/mol. The van der Waals surface area contributed by atoms with E-state index in [4.69, 9.17) is 33.2 Å². The van der Waals surface area contributed by atoms with Crippen molar-refractivity contribution in [2.24, 2.45) is 5.10 Å². The van der Waals surface area contributed by atoms with Gasteiger partial charge in [0.05, 0.1) is 54.4 Å². The molecule has 0 saturated carbocycles. The highest BCUT2D eigenvalue weighted by molar-refractivity contribution is 5.95. The molecular formula is C33H39N3O10. The van der Waals surface area contributed by atoms with Crippen molar-refractivity contribution in [1.29, 1.82) is 0 Å². The Morgan fingerprint density at radius 1 is 0.652 bits per heavy atom. The number of benzene rings is 3. The van der Waals surface area contributed by atoms with Crippen molar-refractivity contribution in [3.63, 3.8) is 0 Å². The molecule has 0 saturated heterocycles. The van der Waals surface area contributed by atoms with Crippen LogP contribution in [0.4, 0.5) is 0 Å². The van der Waals surface area contributed by atoms with Crippen molar-refractivity contribution in [2.75, 3.05) is 49.2 Å². The number of ether oxygens (including phenoxy) is 7. The van der Waals surface area contributed by atoms with Gasteiger partial charge in [-0.05, 0) is 66.9 Å². The molecule has 0 heterocycles. The number of methoxy groups -OCH3 is 6. The molecule has 3 aromatic carbocycles. The summed E-state index contributed by atoms with van der Waals surface area (Å²) in [6.45, 7) is 0.441. The Morgan fingerprint density at radius 2 is 1.26 bits per heavy atom. The maximum Gasteiger partial charge on any atom is 0.343 e. The summed E-state index contributed by atoms with van der Waals surface area (Å²) in [6, 6.07) is 12.7. The zero-order valence-electron chi connectivity index (χ0n) is 26.8. The normalized spacial score (nSPS) is 10.6. The Balaban J connectivity index is 1.42. The minimum atomic E-state index is -0.603. The highest BCUT2D eigenvalue weighted by Gasteiger charge is 2.17. The van der Waals surface area contributed by atoms with E-state index in [1.54, 1.807) is 42.5 Å². The number of rotatable bonds is 17. The lowest BCUT2D eigenvalue weighted by Gasteiger charge is -2.14. The molecule has 0 unspecified atom stereocenters. The van der Waals surface area contributed by atoms with Gasteiger partial charge in [0.25, 0.3) is 5.91 Å². The van der Waals surface area contributed by atoms with Crippen LogP contribution < -0.4 is 43.9 Å². The maximum atomic E-state index is 12.7. The molecule has 0 aromatic heterocycles. The van der Waals surface area contributed by atoms with Crippen LogP contribution in [0.5, 0.6) is 40.2 Å². The molecule has 0 aliphatic carbocycles. The minimum Gasteiger partial charge on any atom is -0.493 e. The van der Waals surface area contributed by atoms with Crippen LogP contribution in [-0.4, -0.2) is 73.2 Å². The highest BCUT2D eigenvalue weighted by atomic mass is 16.6. The summed E-state index contributed by atoms with van der Waals surface area (Å²) >= 11 is 0. The van der Waals surface area contributed by atoms with E-state index in [2.05, 4.69) is 15.8 Å². The van der Waals surface area contributed by atoms with Gasteiger partial charge in [0.15, 0.2) is 34.5 Å². The number of nitrogens with zero attached hydrogens (tertiary/aromatic N) is 1. The quantitative estimate of drug-likeness (QED) is 0.0716. The second-order valence-electron chi connectivity index (χ2n) is 9.64. The first-order valence-electron chi connectivity index (χ1n) is 14.3. The first kappa shape index (κ1) is 35.0. The van der Waals surface area contributed by atoms with E-state index < -0.39 is 5.97 Å². The Labute approximate surface area is 267 Å². The number of carbonyl (C=O) groups excluding carboxylic acids is 3. The van der Waals surface area contributed by atoms with Crippen molar-refractivity contribution in [2.45, 2.75) is 25.7 Å². The molecule has 0 aliphatic heterocycles. The Hall–Kier alpha value is -5.46. The number of unbranched alkanes of at least 4 members (excludes halogenated alkanes) is 2. The Morgan fingerprint density at radius 3 is 1.89 bits per heavy atom. The number of nitrogens with one attached hydrogen (secondary N) is 2. The van der Waals surface area contributed by atoms with Gasteiger partial charge in [-0.2, -0.15) is 5.10 Å². The van der Waals surface area contributed by atoms with E-state index in [0.29, 0.717) is 65.0 Å². The van der Waals surface area contributed by atoms with Crippen molar-refractivity contribution >= 4 is 24.0 Å². The Bertz CT molecular complexity index is 1520. The monoisotopic (exact) mass is 637 g/mol. The van der Waals surface area contributed by atoms with Crippen LogP contribution in [0.25, 0.3) is 0 Å². The molecule has 13 heteroatoms. The fraction of sp³-hybridized carbons (Fsp3) is 0.333. The van der Waals surface area contributed by atoms with Gasteiger partial charge in [-0.3, -0.25) is 9.59 Å². The molecule has 0 radical (unpaired) electrons. The van der Waals surface area contributed by atoms with Crippen LogP contribution in [0.3, 0.4) is 0 Å². The number of carbonyl (C=O) groups is 3. The molecule has 2 amide bonds. The topological polar surface area (TPSA) is 152 Å². The lowest BCUT2D eigenvalue weighted by molar-refractivity contribution is -0.121. The summed E-state index contributed by atoms with van der Waals surface area (Å²) in [7, 11) is 8.90. The predicted octanol–water partition coefficient (Wildman–Crippen LogP) is 4.40. The van der Waals surface area contributed by atoms with Crippen molar-refractivity contribution in [3.8, 4) is 40.2 Å². The van der Waals surface area contributed by atoms with Gasteiger partial charge in [-0.15, -0.1) is 0 Å². The number of hydrogen-bond acceptors (Lipinski definition) is 11. The third-order valence-electron chi connectivity index (χ3n) is 6.71. The molecule has 3 rings (SSSR count). The van der Waals surface area contributed by atoms with E-state index >= 15 is 0 Å². The second kappa shape index (κ2) is 17.7. The van der Waals surface area contributed by atoms with Crippen molar-refractivity contribution < 1.29 is 47.5 Å². The van der Waals surface area contributed by atoms with Crippen LogP contribution in [0.2, 0.25) is 0 Å². The largest absolute Gasteiger partial charge is 0.493 e. The third kappa shape index (κ3) is 9.52. The molecule has 246 valence electrons. The van der Waals surface area contributed by atoms with E-state index in [1.165, 1.54) is 54.9 Å². The van der Waals surface area contributed by atoms with E-state index in [1.807, 2.05) is 0 Å². The fourth-order valence-corrected chi connectivity index (χ4v) is 4.31. The SMILES string of the molecule is COc1ccc(C(=O)Oc2ccc(C=NNC(=O)CCCCCNC(=O)c3cc(OC)c(OC)c(OC)c3)cc2OC)cc1OC. The molecule has 2 N–H and O–H groups in total. The molecule has 0 fully saturated rings. The minimum absolute atomic E-state index is 0.211. The molecule has 0 atom stereocenters. The zero-order valence-corrected chi connectivity index (χ0v) is 26.8. The van der Waals surface area contributed by atoms with Gasteiger partial charge < -0.3 is 38.5 Å². The molecule has 0 bridgehead atoms. The zero-order chi connectivity index (χ0) is 33.5. The van der Waals surface area contributed by atoms with Crippen molar-refractivity contribution in [3.05, 3.63) is 65.2 Å². The van der Waals surface area contributed by atoms with Crippen LogP contribution >= 0.6 is 0 Å². The summed E-state index contributed by atoms with van der Waals surface area (Å²) in [5.41, 5.74) is 3.77. The number of amides is 2. The van der Waals surface area contributed by atoms with Crippen LogP contribution in [0, 0.1) is 0 Å². The van der Waals surface area contributed by atoms with Gasteiger partial charge in [0.2, 0.25) is 11.7 Å². The van der Waals surface area contributed by atoms with E-state index in [0.717, 1.165) is 6.42 Å². The molecule has 13 nitrogen and oxygen atoms in total. The number of esters is 1. The number of hydrogen-bond donors (Lipinski definition) is 2. The van der Waals surface area contributed by atoms with E-state index in [9.17, 15) is 14.4 Å². The molecule has 0 aliphatic rings. The van der Waals surface area contributed by atoms with Gasteiger partial charge in [0, 0.05) is 18.5 Å². The standard InChI is InChI=1S/C33H39N3O10/c1-40-24-14-12-22(17-27(24)42-3)33(39)46-25-13-11-21(16-26(25)41-2)20-35-36-30(37)10-8-7-9-15-34-32(38)23-18-28(43-4)31(45-6)29(19-23)44-5/h11-14,16-20H,7-10,15H2,1-6H3,(H,34,38)(H,36,37). The molecule has 3 aromatic rings. The van der Waals surface area contributed by atoms with Crippen LogP contribution in [-0.2, 0) is 4.79 Å². The summed E-state index contributed by atoms with van der Waals surface area (Å²) in [6.07, 6.45) is 3.77. The van der Waals surface area contributed by atoms with Crippen LogP contribution in [0.15, 0.2) is 53.6 Å². The van der Waals surface area contributed by atoms with E-state index in [-0.39, 0.29) is 29.5 Å². The van der Waals surface area contributed by atoms with Crippen LogP contribution in [0.1, 0.15) is 52.0 Å². The fourth-order valence-electron chi connectivity index (χ4n) is 4.31. The third-order valence-corrected chi connectivity index (χ3v) is 6.71. The summed E-state index contributed by atoms with van der Waals surface area (Å²) in [5.74, 6) is 1.48. The van der Waals surface area contributed by atoms with Gasteiger partial charge in [-0.25, -0.2) is 10.2 Å². The first-order chi connectivity index (χ1) is 22.3. The maximum absolute atomic E-state index is 12.7. The van der Waals surface area contributed by atoms with Crippen molar-refractivity contribution in [1.82, 2.24) is 10.7 Å². The molecule has 46 heavy (non-hydrogen) atoms. The first-order valence-corrected chi connectivity index (χ1v) is 14.3. The smallest absolute Gasteiger partial charge is 0.343 e. The number of hydrazone groups is 1. The summed E-state index contributed by atoms with van der Waals surface area (Å²) in [5, 5.41) is 6.86. The van der Waals surface area contributed by atoms with Gasteiger partial charge in [-0.1, -0.05) is 6.42 Å². The van der Waals surface area contributed by atoms with Gasteiger partial charge in [0.1, 0.15) is 0 Å². The molecular weight excluding hydrogens is 598 g/mol. The average molecular weight is 638 g/mol. The summed E-state index contributed by atoms with van der Waals surface area (Å²) in [4.78, 5) is 37.5. The highest BCUT2D eigenvalue weighted by Crippen LogP contribution is 2.38. The Kier molecular flexibility index (Phi) is 13.5. The average Bonchev–Trinajstić information content (AvgIpc) is 3.08.